The number of rotatable bonds is 8. The molecule has 1 heterocycles. The molecule has 0 spiro atoms. The average molecular weight is 376 g/mol. The number of ether oxygens (including phenoxy) is 1. The molecule has 2 amide bonds. The van der Waals surface area contributed by atoms with E-state index in [1.54, 1.807) is 23.1 Å². The Labute approximate surface area is 159 Å². The third kappa shape index (κ3) is 6.58. The van der Waals surface area contributed by atoms with E-state index in [9.17, 15) is 19.5 Å². The van der Waals surface area contributed by atoms with Crippen molar-refractivity contribution >= 4 is 23.5 Å². The fourth-order valence-electron chi connectivity index (χ4n) is 2.88. The van der Waals surface area contributed by atoms with E-state index in [2.05, 4.69) is 5.32 Å². The molecular formula is C20H28N2O5. The minimum atomic E-state index is -1.05. The first-order chi connectivity index (χ1) is 12.7. The number of carbonyl (C=O) groups excluding carboxylic acids is 2. The summed E-state index contributed by atoms with van der Waals surface area (Å²) in [4.78, 5) is 37.0. The Morgan fingerprint density at radius 1 is 1.33 bits per heavy atom. The van der Waals surface area contributed by atoms with Gasteiger partial charge >= 0.3 is 5.97 Å². The van der Waals surface area contributed by atoms with Crippen LogP contribution in [0.5, 0.6) is 5.75 Å². The lowest BCUT2D eigenvalue weighted by Crippen LogP contribution is -2.43. The lowest BCUT2D eigenvalue weighted by molar-refractivity contribution is -0.142. The standard InChI is InChI=1S/C20H28N2O5/c1-20(2,3)10-9-16(19(25)26)21-17(23)13-27-15-7-4-6-14(12-15)22-11-5-8-18(22)24/h4,6-7,12,16H,5,8-11,13H2,1-3H3,(H,21,23)(H,25,26). The molecule has 2 N–H and O–H groups in total. The van der Waals surface area contributed by atoms with Crippen LogP contribution in [0.15, 0.2) is 24.3 Å². The van der Waals surface area contributed by atoms with Crippen molar-refractivity contribution in [3.63, 3.8) is 0 Å². The SMILES string of the molecule is CC(C)(C)CCC(NC(=O)COc1cccc(N2CCCC2=O)c1)C(=O)O. The number of carboxylic acids is 1. The zero-order chi connectivity index (χ0) is 20.0. The maximum Gasteiger partial charge on any atom is 0.326 e. The summed E-state index contributed by atoms with van der Waals surface area (Å²) in [6, 6.07) is 6.06. The molecule has 1 fully saturated rings. The van der Waals surface area contributed by atoms with E-state index in [4.69, 9.17) is 4.74 Å². The molecule has 0 bridgehead atoms. The van der Waals surface area contributed by atoms with E-state index in [1.807, 2.05) is 26.8 Å². The summed E-state index contributed by atoms with van der Waals surface area (Å²) in [6.45, 7) is 6.46. The van der Waals surface area contributed by atoms with Gasteiger partial charge in [0, 0.05) is 24.7 Å². The van der Waals surface area contributed by atoms with Gasteiger partial charge in [0.15, 0.2) is 6.61 Å². The maximum absolute atomic E-state index is 12.1. The molecule has 27 heavy (non-hydrogen) atoms. The quantitative estimate of drug-likeness (QED) is 0.727. The molecule has 1 aliphatic heterocycles. The molecule has 0 radical (unpaired) electrons. The van der Waals surface area contributed by atoms with Crippen LogP contribution in [0.4, 0.5) is 5.69 Å². The lowest BCUT2D eigenvalue weighted by atomic mass is 9.88. The van der Waals surface area contributed by atoms with Gasteiger partial charge in [-0.15, -0.1) is 0 Å². The predicted molar refractivity (Wildman–Crippen MR) is 102 cm³/mol. The Hall–Kier alpha value is -2.57. The second-order valence-corrected chi connectivity index (χ2v) is 7.99. The van der Waals surface area contributed by atoms with Gasteiger partial charge in [0.25, 0.3) is 5.91 Å². The van der Waals surface area contributed by atoms with Crippen molar-refractivity contribution in [1.29, 1.82) is 0 Å². The van der Waals surface area contributed by atoms with Crippen LogP contribution in [-0.2, 0) is 14.4 Å². The zero-order valence-electron chi connectivity index (χ0n) is 16.2. The minimum absolute atomic E-state index is 0.0115. The first kappa shape index (κ1) is 20.7. The highest BCUT2D eigenvalue weighted by molar-refractivity contribution is 5.95. The van der Waals surface area contributed by atoms with Crippen LogP contribution in [0.25, 0.3) is 0 Å². The Kier molecular flexibility index (Phi) is 6.82. The number of nitrogens with zero attached hydrogens (tertiary/aromatic N) is 1. The fraction of sp³-hybridized carbons (Fsp3) is 0.550. The topological polar surface area (TPSA) is 95.9 Å². The third-order valence-electron chi connectivity index (χ3n) is 4.39. The summed E-state index contributed by atoms with van der Waals surface area (Å²) in [5.74, 6) is -1.00. The molecule has 0 saturated carbocycles. The summed E-state index contributed by atoms with van der Waals surface area (Å²) in [5, 5.41) is 11.8. The number of amides is 2. The summed E-state index contributed by atoms with van der Waals surface area (Å²) >= 11 is 0. The molecule has 7 nitrogen and oxygen atoms in total. The summed E-state index contributed by atoms with van der Waals surface area (Å²) in [6.07, 6.45) is 2.41. The Morgan fingerprint density at radius 3 is 2.67 bits per heavy atom. The zero-order valence-corrected chi connectivity index (χ0v) is 16.2. The van der Waals surface area contributed by atoms with Crippen LogP contribution in [-0.4, -0.2) is 42.1 Å². The fourth-order valence-corrected chi connectivity index (χ4v) is 2.88. The molecule has 1 unspecified atom stereocenters. The van der Waals surface area contributed by atoms with Crippen LogP contribution >= 0.6 is 0 Å². The number of hydrogen-bond acceptors (Lipinski definition) is 4. The highest BCUT2D eigenvalue weighted by Gasteiger charge is 2.24. The first-order valence-corrected chi connectivity index (χ1v) is 9.21. The van der Waals surface area contributed by atoms with Crippen LogP contribution in [0.1, 0.15) is 46.5 Å². The van der Waals surface area contributed by atoms with E-state index < -0.39 is 17.9 Å². The van der Waals surface area contributed by atoms with Gasteiger partial charge in [-0.3, -0.25) is 9.59 Å². The molecule has 7 heteroatoms. The number of anilines is 1. The lowest BCUT2D eigenvalue weighted by Gasteiger charge is -2.21. The molecule has 0 aliphatic carbocycles. The molecule has 1 saturated heterocycles. The van der Waals surface area contributed by atoms with Gasteiger partial charge in [0.1, 0.15) is 11.8 Å². The molecule has 1 aliphatic rings. The molecule has 1 aromatic carbocycles. The van der Waals surface area contributed by atoms with Gasteiger partial charge in [-0.2, -0.15) is 0 Å². The number of nitrogens with one attached hydrogen (secondary N) is 1. The summed E-state index contributed by atoms with van der Waals surface area (Å²) in [7, 11) is 0. The second-order valence-electron chi connectivity index (χ2n) is 7.99. The van der Waals surface area contributed by atoms with Gasteiger partial charge in [0.2, 0.25) is 5.91 Å². The number of carboxylic acid groups (broad SMARTS) is 1. The first-order valence-electron chi connectivity index (χ1n) is 9.21. The molecule has 148 valence electrons. The second kappa shape index (κ2) is 8.88. The summed E-state index contributed by atoms with van der Waals surface area (Å²) < 4.78 is 5.49. The predicted octanol–water partition coefficient (Wildman–Crippen LogP) is 2.59. The highest BCUT2D eigenvalue weighted by atomic mass is 16.5. The maximum atomic E-state index is 12.1. The molecule has 1 aromatic rings. The van der Waals surface area contributed by atoms with E-state index in [0.717, 1.165) is 12.1 Å². The van der Waals surface area contributed by atoms with Crippen LogP contribution in [0.2, 0.25) is 0 Å². The Morgan fingerprint density at radius 2 is 2.07 bits per heavy atom. The van der Waals surface area contributed by atoms with Gasteiger partial charge in [-0.05, 0) is 36.8 Å². The van der Waals surface area contributed by atoms with E-state index >= 15 is 0 Å². The summed E-state index contributed by atoms with van der Waals surface area (Å²) in [5.41, 5.74) is 0.728. The third-order valence-corrected chi connectivity index (χ3v) is 4.39. The normalized spacial score (nSPS) is 15.5. The number of carbonyl (C=O) groups is 3. The molecule has 0 aromatic heterocycles. The minimum Gasteiger partial charge on any atom is -0.484 e. The van der Waals surface area contributed by atoms with Crippen LogP contribution < -0.4 is 15.0 Å². The number of benzene rings is 1. The average Bonchev–Trinajstić information content (AvgIpc) is 3.02. The van der Waals surface area contributed by atoms with Crippen molar-refractivity contribution < 1.29 is 24.2 Å². The van der Waals surface area contributed by atoms with Crippen molar-refractivity contribution in [2.24, 2.45) is 5.41 Å². The highest BCUT2D eigenvalue weighted by Crippen LogP contribution is 2.25. The van der Waals surface area contributed by atoms with Crippen molar-refractivity contribution in [1.82, 2.24) is 5.32 Å². The van der Waals surface area contributed by atoms with Gasteiger partial charge in [-0.25, -0.2) is 4.79 Å². The van der Waals surface area contributed by atoms with E-state index in [0.29, 0.717) is 31.6 Å². The Bertz CT molecular complexity index is 696. The van der Waals surface area contributed by atoms with Crippen molar-refractivity contribution in [2.45, 2.75) is 52.5 Å². The van der Waals surface area contributed by atoms with E-state index in [1.165, 1.54) is 0 Å². The monoisotopic (exact) mass is 376 g/mol. The van der Waals surface area contributed by atoms with Crippen LogP contribution in [0, 0.1) is 5.41 Å². The Balaban J connectivity index is 1.89. The molecule has 2 rings (SSSR count). The van der Waals surface area contributed by atoms with Gasteiger partial charge in [0.05, 0.1) is 0 Å². The number of hydrogen-bond donors (Lipinski definition) is 2. The van der Waals surface area contributed by atoms with Crippen molar-refractivity contribution in [3.8, 4) is 5.75 Å². The van der Waals surface area contributed by atoms with Crippen molar-refractivity contribution in [3.05, 3.63) is 24.3 Å². The largest absolute Gasteiger partial charge is 0.484 e. The van der Waals surface area contributed by atoms with E-state index in [-0.39, 0.29) is 17.9 Å². The van der Waals surface area contributed by atoms with Crippen LogP contribution in [0.3, 0.4) is 0 Å². The molecular weight excluding hydrogens is 348 g/mol. The molecule has 1 atom stereocenters. The van der Waals surface area contributed by atoms with Gasteiger partial charge in [-0.1, -0.05) is 26.8 Å². The smallest absolute Gasteiger partial charge is 0.326 e. The number of aliphatic carboxylic acids is 1. The van der Waals surface area contributed by atoms with Gasteiger partial charge < -0.3 is 20.1 Å². The van der Waals surface area contributed by atoms with Crippen molar-refractivity contribution in [2.75, 3.05) is 18.1 Å².